The van der Waals surface area contributed by atoms with Crippen LogP contribution in [-0.4, -0.2) is 15.8 Å². The third-order valence-corrected chi connectivity index (χ3v) is 6.02. The Balaban J connectivity index is 1.77. The summed E-state index contributed by atoms with van der Waals surface area (Å²) >= 11 is 0. The van der Waals surface area contributed by atoms with Gasteiger partial charge in [-0.1, -0.05) is 0 Å². The second-order valence-electron chi connectivity index (χ2n) is 7.91. The summed E-state index contributed by atoms with van der Waals surface area (Å²) in [6.45, 7) is 8.18. The molecular weight excluding hydrogens is 336 g/mol. The minimum Gasteiger partial charge on any atom is -0.442 e. The van der Waals surface area contributed by atoms with Gasteiger partial charge in [0.15, 0.2) is 11.5 Å². The molecule has 0 aromatic carbocycles. The molecule has 138 valence electrons. The van der Waals surface area contributed by atoms with Gasteiger partial charge in [-0.15, -0.1) is 0 Å². The summed E-state index contributed by atoms with van der Waals surface area (Å²) in [5.41, 5.74) is 8.76. The Bertz CT molecular complexity index is 950. The molecule has 0 unspecified atom stereocenters. The summed E-state index contributed by atoms with van der Waals surface area (Å²) in [5.74, 6) is 0.832. The molecule has 2 aromatic heterocycles. The van der Waals surface area contributed by atoms with E-state index in [1.807, 2.05) is 26.2 Å². The lowest BCUT2D eigenvalue weighted by Crippen LogP contribution is -2.49. The third kappa shape index (κ3) is 2.29. The Morgan fingerprint density at radius 1 is 0.741 bits per heavy atom. The first-order chi connectivity index (χ1) is 13.0. The molecule has 0 bridgehead atoms. The molecule has 0 amide bonds. The largest absolute Gasteiger partial charge is 0.442 e. The van der Waals surface area contributed by atoms with Crippen molar-refractivity contribution in [3.63, 3.8) is 0 Å². The summed E-state index contributed by atoms with van der Waals surface area (Å²) in [4.78, 5) is 9.04. The van der Waals surface area contributed by atoms with Crippen molar-refractivity contribution in [2.75, 3.05) is 0 Å². The van der Waals surface area contributed by atoms with E-state index in [0.29, 0.717) is 0 Å². The fraction of sp³-hybridized carbons (Fsp3) is 0.391. The van der Waals surface area contributed by atoms with E-state index in [2.05, 4.69) is 36.0 Å². The lowest BCUT2D eigenvalue weighted by atomic mass is 9.86. The smallest absolute Gasteiger partial charge is 0.297 e. The molecule has 1 spiro atoms. The highest BCUT2D eigenvalue weighted by Crippen LogP contribution is 2.51. The molecule has 4 heterocycles. The van der Waals surface area contributed by atoms with Crippen molar-refractivity contribution in [3.8, 4) is 11.5 Å². The van der Waals surface area contributed by atoms with Crippen LogP contribution in [0, 0.1) is 27.7 Å². The zero-order valence-electron chi connectivity index (χ0n) is 16.3. The first kappa shape index (κ1) is 16.5. The molecule has 0 radical (unpaired) electrons. The number of pyridine rings is 2. The van der Waals surface area contributed by atoms with Gasteiger partial charge in [0.25, 0.3) is 5.79 Å². The fourth-order valence-corrected chi connectivity index (χ4v) is 4.43. The highest BCUT2D eigenvalue weighted by molar-refractivity contribution is 5.74. The first-order valence-electron chi connectivity index (χ1n) is 9.72. The van der Waals surface area contributed by atoms with Crippen molar-refractivity contribution in [3.05, 3.63) is 57.2 Å². The van der Waals surface area contributed by atoms with Gasteiger partial charge >= 0.3 is 0 Å². The Hall–Kier alpha value is -2.62. The van der Waals surface area contributed by atoms with Crippen LogP contribution in [0.25, 0.3) is 12.2 Å². The predicted octanol–water partition coefficient (Wildman–Crippen LogP) is 5.23. The maximum Gasteiger partial charge on any atom is 0.297 e. The number of nitrogens with zero attached hydrogens (tertiary/aromatic N) is 2. The van der Waals surface area contributed by atoms with Crippen LogP contribution in [0.5, 0.6) is 11.5 Å². The molecule has 1 aliphatic carbocycles. The molecule has 4 heteroatoms. The number of hydrogen-bond acceptors (Lipinski definition) is 4. The monoisotopic (exact) mass is 360 g/mol. The number of hydrogen-bond donors (Lipinski definition) is 0. The van der Waals surface area contributed by atoms with Crippen LogP contribution in [0.4, 0.5) is 0 Å². The van der Waals surface area contributed by atoms with E-state index in [1.165, 1.54) is 11.1 Å². The highest BCUT2D eigenvalue weighted by Gasteiger charge is 2.49. The topological polar surface area (TPSA) is 44.2 Å². The van der Waals surface area contributed by atoms with E-state index in [-0.39, 0.29) is 0 Å². The fourth-order valence-electron chi connectivity index (χ4n) is 4.43. The summed E-state index contributed by atoms with van der Waals surface area (Å²) in [5, 5.41) is 0. The van der Waals surface area contributed by atoms with Gasteiger partial charge in [0.05, 0.1) is 11.4 Å². The summed E-state index contributed by atoms with van der Waals surface area (Å²) in [6.07, 6.45) is 12.7. The maximum absolute atomic E-state index is 6.72. The predicted molar refractivity (Wildman–Crippen MR) is 106 cm³/mol. The molecule has 0 saturated heterocycles. The Kier molecular flexibility index (Phi) is 3.48. The maximum atomic E-state index is 6.72. The van der Waals surface area contributed by atoms with Crippen molar-refractivity contribution < 1.29 is 9.47 Å². The van der Waals surface area contributed by atoms with Crippen LogP contribution >= 0.6 is 0 Å². The molecule has 5 rings (SSSR count). The van der Waals surface area contributed by atoms with Gasteiger partial charge in [-0.2, -0.15) is 0 Å². The summed E-state index contributed by atoms with van der Waals surface area (Å²) < 4.78 is 13.4. The van der Waals surface area contributed by atoms with Crippen LogP contribution in [0.2, 0.25) is 0 Å². The summed E-state index contributed by atoms with van der Waals surface area (Å²) in [6, 6.07) is 0. The van der Waals surface area contributed by atoms with E-state index in [1.54, 1.807) is 0 Å². The van der Waals surface area contributed by atoms with Gasteiger partial charge in [0, 0.05) is 34.7 Å². The van der Waals surface area contributed by atoms with Crippen molar-refractivity contribution in [2.24, 2.45) is 0 Å². The minimum absolute atomic E-state index is 0.841. The molecule has 27 heavy (non-hydrogen) atoms. The normalized spacial score (nSPS) is 19.1. The van der Waals surface area contributed by atoms with Gasteiger partial charge in [-0.3, -0.25) is 9.97 Å². The van der Waals surface area contributed by atoms with Gasteiger partial charge < -0.3 is 9.47 Å². The van der Waals surface area contributed by atoms with Gasteiger partial charge in [0.2, 0.25) is 0 Å². The SMILES string of the molecule is Cc1cnc(C)c2c1C=C1CCCCC3=Cc4c(C)cnc(C)c4OC13O2. The minimum atomic E-state index is -0.850. The lowest BCUT2D eigenvalue weighted by Gasteiger charge is -2.43. The van der Waals surface area contributed by atoms with E-state index >= 15 is 0 Å². The number of aryl methyl sites for hydroxylation is 4. The van der Waals surface area contributed by atoms with E-state index < -0.39 is 5.79 Å². The van der Waals surface area contributed by atoms with Crippen molar-refractivity contribution in [2.45, 2.75) is 59.2 Å². The van der Waals surface area contributed by atoms with E-state index in [9.17, 15) is 0 Å². The second kappa shape index (κ2) is 5.69. The van der Waals surface area contributed by atoms with Crippen molar-refractivity contribution in [1.29, 1.82) is 0 Å². The zero-order chi connectivity index (χ0) is 18.8. The van der Waals surface area contributed by atoms with Crippen LogP contribution in [0.3, 0.4) is 0 Å². The van der Waals surface area contributed by atoms with E-state index in [0.717, 1.165) is 70.8 Å². The summed E-state index contributed by atoms with van der Waals surface area (Å²) in [7, 11) is 0. The molecule has 1 fully saturated rings. The highest BCUT2D eigenvalue weighted by atomic mass is 16.7. The quantitative estimate of drug-likeness (QED) is 0.645. The average molecular weight is 360 g/mol. The molecule has 4 nitrogen and oxygen atoms in total. The molecule has 1 saturated carbocycles. The van der Waals surface area contributed by atoms with Crippen LogP contribution in [0.1, 0.15) is 59.3 Å². The van der Waals surface area contributed by atoms with Gasteiger partial charge in [-0.05, 0) is 76.7 Å². The standard InChI is InChI=1S/C23H24N2O2/c1-13-11-24-15(3)21-19(13)9-17-7-5-6-8-18-10-20-14(2)12-25-16(4)22(20)27-23(17,18)26-21/h9-12H,5-8H2,1-4H3. The molecule has 2 aliphatic heterocycles. The molecule has 0 N–H and O–H groups in total. The van der Waals surface area contributed by atoms with Gasteiger partial charge in [0.1, 0.15) is 0 Å². The average Bonchev–Trinajstić information content (AvgIpc) is 2.84. The molecule has 0 atom stereocenters. The Morgan fingerprint density at radius 2 is 1.19 bits per heavy atom. The van der Waals surface area contributed by atoms with Crippen molar-refractivity contribution >= 4 is 12.2 Å². The molecule has 3 aliphatic rings. The zero-order valence-corrected chi connectivity index (χ0v) is 16.3. The van der Waals surface area contributed by atoms with Crippen LogP contribution in [0.15, 0.2) is 23.5 Å². The van der Waals surface area contributed by atoms with Crippen LogP contribution < -0.4 is 9.47 Å². The number of fused-ring (bicyclic) bond motifs is 2. The second-order valence-corrected chi connectivity index (χ2v) is 7.91. The Labute approximate surface area is 160 Å². The number of ether oxygens (including phenoxy) is 2. The van der Waals surface area contributed by atoms with Crippen molar-refractivity contribution in [1.82, 2.24) is 9.97 Å². The number of aromatic nitrogens is 2. The molecular formula is C23H24N2O2. The van der Waals surface area contributed by atoms with Crippen LogP contribution in [-0.2, 0) is 0 Å². The van der Waals surface area contributed by atoms with E-state index in [4.69, 9.17) is 9.47 Å². The number of rotatable bonds is 0. The Morgan fingerprint density at radius 3 is 1.63 bits per heavy atom. The molecule has 2 aromatic rings. The van der Waals surface area contributed by atoms with Gasteiger partial charge in [-0.25, -0.2) is 0 Å². The lowest BCUT2D eigenvalue weighted by molar-refractivity contribution is -0.0558. The first-order valence-corrected chi connectivity index (χ1v) is 9.72. The third-order valence-electron chi connectivity index (χ3n) is 6.02.